The van der Waals surface area contributed by atoms with E-state index in [-0.39, 0.29) is 35.5 Å². The minimum atomic E-state index is -4.79. The summed E-state index contributed by atoms with van der Waals surface area (Å²) in [5, 5.41) is 21.1. The van der Waals surface area contributed by atoms with Crippen molar-refractivity contribution in [3.63, 3.8) is 0 Å². The van der Waals surface area contributed by atoms with Gasteiger partial charge in [0.25, 0.3) is 5.91 Å². The maximum absolute atomic E-state index is 12.5. The van der Waals surface area contributed by atoms with Crippen molar-refractivity contribution in [2.75, 3.05) is 12.4 Å². The van der Waals surface area contributed by atoms with E-state index >= 15 is 0 Å². The van der Waals surface area contributed by atoms with Crippen LogP contribution in [0.3, 0.4) is 0 Å². The highest BCUT2D eigenvalue weighted by atomic mass is 19.4. The fourth-order valence-electron chi connectivity index (χ4n) is 3.76. The van der Waals surface area contributed by atoms with Crippen LogP contribution < -0.4 is 15.4 Å². The molecule has 4 rings (SSSR count). The Labute approximate surface area is 226 Å². The van der Waals surface area contributed by atoms with E-state index < -0.39 is 6.36 Å². The molecule has 4 aromatic rings. The van der Waals surface area contributed by atoms with Gasteiger partial charge in [0.1, 0.15) is 5.75 Å². The molecule has 0 aliphatic heterocycles. The number of ether oxygens (including phenoxy) is 1. The normalized spacial score (nSPS) is 11.2. The second-order valence-electron chi connectivity index (χ2n) is 8.65. The average Bonchev–Trinajstić information content (AvgIpc) is 3.40. The van der Waals surface area contributed by atoms with E-state index in [2.05, 4.69) is 40.9 Å². The molecule has 1 aromatic carbocycles. The number of pyridine rings is 1. The zero-order valence-corrected chi connectivity index (χ0v) is 21.4. The lowest BCUT2D eigenvalue weighted by Gasteiger charge is -2.10. The summed E-state index contributed by atoms with van der Waals surface area (Å²) in [7, 11) is 1.53. The summed E-state index contributed by atoms with van der Waals surface area (Å²) in [6.07, 6.45) is 0.482. The second kappa shape index (κ2) is 12.8. The minimum Gasteiger partial charge on any atom is -0.406 e. The highest BCUT2D eigenvalue weighted by Gasteiger charge is 2.31. The third kappa shape index (κ3) is 8.31. The summed E-state index contributed by atoms with van der Waals surface area (Å²) >= 11 is 0. The van der Waals surface area contributed by atoms with Crippen molar-refractivity contribution in [1.82, 2.24) is 35.5 Å². The first-order chi connectivity index (χ1) is 19.2. The van der Waals surface area contributed by atoms with Gasteiger partial charge in [-0.05, 0) is 66.8 Å². The Morgan fingerprint density at radius 3 is 2.55 bits per heavy atom. The number of hydrogen-bond donors (Lipinski definition) is 2. The Morgan fingerprint density at radius 1 is 0.975 bits per heavy atom. The fourth-order valence-corrected chi connectivity index (χ4v) is 3.76. The first-order valence-corrected chi connectivity index (χ1v) is 12.2. The Kier molecular flexibility index (Phi) is 8.99. The molecule has 0 unspecified atom stereocenters. The van der Waals surface area contributed by atoms with Gasteiger partial charge >= 0.3 is 6.36 Å². The van der Waals surface area contributed by atoms with Crippen molar-refractivity contribution >= 4 is 17.6 Å². The van der Waals surface area contributed by atoms with Crippen LogP contribution in [0.5, 0.6) is 5.75 Å². The predicted molar refractivity (Wildman–Crippen MR) is 137 cm³/mol. The number of nitrogens with one attached hydrogen (secondary N) is 2. The molecule has 14 heteroatoms. The number of rotatable bonds is 11. The van der Waals surface area contributed by atoms with Crippen molar-refractivity contribution in [3.8, 4) is 16.9 Å². The maximum atomic E-state index is 12.5. The number of unbranched alkanes of at least 4 members (excludes halogenated alkanes) is 1. The third-order valence-electron chi connectivity index (χ3n) is 5.61. The molecule has 0 aliphatic rings. The maximum Gasteiger partial charge on any atom is 0.573 e. The molecule has 40 heavy (non-hydrogen) atoms. The number of carbonyl (C=O) groups excluding carboxylic acids is 2. The lowest BCUT2D eigenvalue weighted by atomic mass is 10.1. The van der Waals surface area contributed by atoms with E-state index in [1.165, 1.54) is 31.4 Å². The minimum absolute atomic E-state index is 0.0695. The largest absolute Gasteiger partial charge is 0.573 e. The van der Waals surface area contributed by atoms with Crippen LogP contribution in [-0.4, -0.2) is 55.4 Å². The van der Waals surface area contributed by atoms with E-state index in [4.69, 9.17) is 0 Å². The van der Waals surface area contributed by atoms with Crippen molar-refractivity contribution in [2.24, 2.45) is 0 Å². The molecule has 0 saturated heterocycles. The summed E-state index contributed by atoms with van der Waals surface area (Å²) in [6, 6.07) is 12.3. The summed E-state index contributed by atoms with van der Waals surface area (Å²) < 4.78 is 43.2. The van der Waals surface area contributed by atoms with E-state index in [1.54, 1.807) is 41.2 Å². The predicted octanol–water partition coefficient (Wildman–Crippen LogP) is 3.59. The fraction of sp³-hybridized carbons (Fsp3) is 0.269. The number of aromatic nitrogens is 6. The molecule has 0 spiro atoms. The number of carbonyl (C=O) groups is 2. The summed E-state index contributed by atoms with van der Waals surface area (Å²) in [6.45, 7) is 0.605. The first kappa shape index (κ1) is 28.1. The smallest absolute Gasteiger partial charge is 0.406 e. The van der Waals surface area contributed by atoms with Crippen LogP contribution in [0.25, 0.3) is 11.1 Å². The highest BCUT2D eigenvalue weighted by Crippen LogP contribution is 2.28. The number of anilines is 1. The number of alkyl halides is 3. The molecule has 0 aliphatic carbocycles. The Hall–Kier alpha value is -4.88. The monoisotopic (exact) mass is 554 g/mol. The SMILES string of the molecule is CNC(=O)c1cn(CCCCc2ccc(NC(=O)Cc3cc(-c4cccc(OC(F)(F)F)c4)ccn3)nn2)nn1. The first-order valence-electron chi connectivity index (χ1n) is 12.2. The van der Waals surface area contributed by atoms with Crippen LogP contribution in [0, 0.1) is 0 Å². The molecule has 0 saturated carbocycles. The molecule has 0 radical (unpaired) electrons. The van der Waals surface area contributed by atoms with Gasteiger partial charge in [0.05, 0.1) is 24.0 Å². The molecule has 3 aromatic heterocycles. The summed E-state index contributed by atoms with van der Waals surface area (Å²) in [4.78, 5) is 28.2. The molecule has 0 bridgehead atoms. The number of amides is 2. The van der Waals surface area contributed by atoms with Gasteiger partial charge in [-0.2, -0.15) is 5.10 Å². The van der Waals surface area contributed by atoms with Crippen LogP contribution >= 0.6 is 0 Å². The number of halogens is 3. The van der Waals surface area contributed by atoms with Crippen LogP contribution in [0.4, 0.5) is 19.0 Å². The molecule has 0 atom stereocenters. The molecule has 3 heterocycles. The Bertz CT molecular complexity index is 1460. The second-order valence-corrected chi connectivity index (χ2v) is 8.65. The van der Waals surface area contributed by atoms with Crippen LogP contribution in [-0.2, 0) is 24.2 Å². The van der Waals surface area contributed by atoms with Gasteiger partial charge < -0.3 is 15.4 Å². The standard InChI is InChI=1S/C26H25F3N8O3/c1-30-25(39)22-16-37(36-34-22)12-3-2-6-19-8-9-23(35-33-19)32-24(38)15-20-13-18(10-11-31-20)17-5-4-7-21(14-17)40-26(27,28)29/h4-5,7-11,13-14,16H,2-3,6,12,15H2,1H3,(H,30,39)(H,32,35,38). The number of nitrogens with zero attached hydrogens (tertiary/aromatic N) is 6. The number of hydrogen-bond acceptors (Lipinski definition) is 8. The number of benzene rings is 1. The molecule has 2 N–H and O–H groups in total. The van der Waals surface area contributed by atoms with Gasteiger partial charge in [-0.3, -0.25) is 19.3 Å². The van der Waals surface area contributed by atoms with Gasteiger partial charge in [0, 0.05) is 19.8 Å². The van der Waals surface area contributed by atoms with Crippen molar-refractivity contribution in [2.45, 2.75) is 38.6 Å². The van der Waals surface area contributed by atoms with E-state index in [0.717, 1.165) is 18.5 Å². The number of aryl methyl sites for hydroxylation is 2. The van der Waals surface area contributed by atoms with E-state index in [9.17, 15) is 22.8 Å². The third-order valence-corrected chi connectivity index (χ3v) is 5.61. The molecule has 2 amide bonds. The summed E-state index contributed by atoms with van der Waals surface area (Å²) in [5.74, 6) is -0.714. The highest BCUT2D eigenvalue weighted by molar-refractivity contribution is 5.91. The average molecular weight is 555 g/mol. The van der Waals surface area contributed by atoms with Gasteiger partial charge in [0.15, 0.2) is 11.5 Å². The topological polar surface area (TPSA) is 137 Å². The Balaban J connectivity index is 1.25. The summed E-state index contributed by atoms with van der Waals surface area (Å²) in [5.41, 5.74) is 2.53. The quantitative estimate of drug-likeness (QED) is 0.269. The van der Waals surface area contributed by atoms with Gasteiger partial charge in [-0.15, -0.1) is 23.4 Å². The van der Waals surface area contributed by atoms with Crippen LogP contribution in [0.15, 0.2) is 60.9 Å². The van der Waals surface area contributed by atoms with Crippen molar-refractivity contribution in [3.05, 3.63) is 78.0 Å². The molecule has 0 fully saturated rings. The van der Waals surface area contributed by atoms with Crippen molar-refractivity contribution in [1.29, 1.82) is 0 Å². The van der Waals surface area contributed by atoms with Crippen LogP contribution in [0.2, 0.25) is 0 Å². The van der Waals surface area contributed by atoms with Gasteiger partial charge in [-0.25, -0.2) is 0 Å². The zero-order valence-electron chi connectivity index (χ0n) is 21.4. The van der Waals surface area contributed by atoms with Gasteiger partial charge in [0.2, 0.25) is 5.91 Å². The molecular formula is C26H25F3N8O3. The van der Waals surface area contributed by atoms with E-state index in [0.29, 0.717) is 29.8 Å². The lowest BCUT2D eigenvalue weighted by Crippen LogP contribution is -2.18. The molecule has 208 valence electrons. The molecule has 11 nitrogen and oxygen atoms in total. The molecular weight excluding hydrogens is 529 g/mol. The van der Waals surface area contributed by atoms with Crippen molar-refractivity contribution < 1.29 is 27.5 Å². The lowest BCUT2D eigenvalue weighted by molar-refractivity contribution is -0.274. The Morgan fingerprint density at radius 2 is 1.80 bits per heavy atom. The van der Waals surface area contributed by atoms with Crippen LogP contribution in [0.1, 0.15) is 34.7 Å². The zero-order chi connectivity index (χ0) is 28.5. The van der Waals surface area contributed by atoms with E-state index in [1.807, 2.05) is 0 Å². The van der Waals surface area contributed by atoms with Gasteiger partial charge in [-0.1, -0.05) is 17.3 Å².